The second-order valence-corrected chi connectivity index (χ2v) is 7.69. The first-order valence-corrected chi connectivity index (χ1v) is 9.00. The van der Waals surface area contributed by atoms with E-state index in [0.717, 1.165) is 44.9 Å². The number of hydrogen-bond acceptors (Lipinski definition) is 3. The highest BCUT2D eigenvalue weighted by atomic mass is 16.2. The summed E-state index contributed by atoms with van der Waals surface area (Å²) < 4.78 is 0. The molecule has 4 rings (SSSR count). The Kier molecular flexibility index (Phi) is 3.44. The molecule has 3 amide bonds. The Bertz CT molecular complexity index is 452. The average molecular weight is 305 g/mol. The maximum atomic E-state index is 12.4. The third kappa shape index (κ3) is 2.08. The number of imide groups is 1. The van der Waals surface area contributed by atoms with Crippen LogP contribution in [-0.2, 0) is 4.79 Å². The Morgan fingerprint density at radius 1 is 1.14 bits per heavy atom. The second-order valence-electron chi connectivity index (χ2n) is 7.69. The highest BCUT2D eigenvalue weighted by molar-refractivity contribution is 6.04. The minimum atomic E-state index is -0.162. The summed E-state index contributed by atoms with van der Waals surface area (Å²) >= 11 is 0. The van der Waals surface area contributed by atoms with E-state index in [-0.39, 0.29) is 23.4 Å². The first-order valence-electron chi connectivity index (χ1n) is 9.00. The predicted molar refractivity (Wildman–Crippen MR) is 83.4 cm³/mol. The van der Waals surface area contributed by atoms with Crippen LogP contribution in [-0.4, -0.2) is 64.9 Å². The molecule has 0 bridgehead atoms. The molecule has 5 nitrogen and oxygen atoms in total. The van der Waals surface area contributed by atoms with Gasteiger partial charge in [0.15, 0.2) is 0 Å². The first kappa shape index (κ1) is 14.5. The minimum absolute atomic E-state index is 0.0441. The molecule has 0 aromatic rings. The predicted octanol–water partition coefficient (Wildman–Crippen LogP) is 2.07. The number of amides is 3. The molecular weight excluding hydrogens is 278 g/mol. The fraction of sp³-hybridized carbons (Fsp3) is 0.882. The quantitative estimate of drug-likeness (QED) is 0.734. The summed E-state index contributed by atoms with van der Waals surface area (Å²) in [7, 11) is 0. The monoisotopic (exact) mass is 305 g/mol. The number of carbonyl (C=O) groups excluding carboxylic acids is 2. The van der Waals surface area contributed by atoms with Gasteiger partial charge in [-0.3, -0.25) is 9.69 Å². The van der Waals surface area contributed by atoms with E-state index in [1.165, 1.54) is 30.6 Å². The lowest BCUT2D eigenvalue weighted by Crippen LogP contribution is -2.46. The fourth-order valence-electron chi connectivity index (χ4n) is 5.19. The van der Waals surface area contributed by atoms with Gasteiger partial charge in [0, 0.05) is 19.1 Å². The zero-order valence-corrected chi connectivity index (χ0v) is 13.6. The Morgan fingerprint density at radius 3 is 2.41 bits per heavy atom. The van der Waals surface area contributed by atoms with Crippen LogP contribution in [0.1, 0.15) is 51.9 Å². The third-order valence-corrected chi connectivity index (χ3v) is 6.55. The number of likely N-dealkylation sites (N-methyl/N-ethyl adjacent to an activating group) is 1. The molecule has 22 heavy (non-hydrogen) atoms. The van der Waals surface area contributed by atoms with Gasteiger partial charge in [-0.25, -0.2) is 4.79 Å². The first-order chi connectivity index (χ1) is 10.6. The molecule has 3 aliphatic heterocycles. The molecule has 1 aliphatic carbocycles. The van der Waals surface area contributed by atoms with E-state index in [4.69, 9.17) is 0 Å². The van der Waals surface area contributed by atoms with Crippen LogP contribution in [0.3, 0.4) is 0 Å². The summed E-state index contributed by atoms with van der Waals surface area (Å²) in [5.41, 5.74) is 0.213. The van der Waals surface area contributed by atoms with E-state index in [0.29, 0.717) is 6.54 Å². The second kappa shape index (κ2) is 5.22. The molecule has 0 radical (unpaired) electrons. The molecule has 3 heterocycles. The van der Waals surface area contributed by atoms with Crippen molar-refractivity contribution in [2.45, 2.75) is 64.0 Å². The SMILES string of the molecule is CCN1C(=O)C2CC3(CCN(C4CCCC4)CC3)CN2C1=O. The van der Waals surface area contributed by atoms with Crippen LogP contribution >= 0.6 is 0 Å². The van der Waals surface area contributed by atoms with Crippen molar-refractivity contribution < 1.29 is 9.59 Å². The summed E-state index contributed by atoms with van der Waals surface area (Å²) in [6.45, 7) is 5.51. The molecule has 0 aromatic heterocycles. The Balaban J connectivity index is 1.42. The third-order valence-electron chi connectivity index (χ3n) is 6.55. The van der Waals surface area contributed by atoms with Gasteiger partial charge < -0.3 is 9.80 Å². The Hall–Kier alpha value is -1.10. The topological polar surface area (TPSA) is 43.9 Å². The van der Waals surface area contributed by atoms with Crippen LogP contribution in [0.5, 0.6) is 0 Å². The molecular formula is C17H27N3O2. The summed E-state index contributed by atoms with van der Waals surface area (Å²) in [5, 5.41) is 0. The zero-order chi connectivity index (χ0) is 15.3. The van der Waals surface area contributed by atoms with Gasteiger partial charge in [0.05, 0.1) is 0 Å². The Labute approximate surface area is 132 Å². The van der Waals surface area contributed by atoms with Crippen LogP contribution in [0.4, 0.5) is 4.79 Å². The minimum Gasteiger partial charge on any atom is -0.312 e. The molecule has 1 atom stereocenters. The van der Waals surface area contributed by atoms with Gasteiger partial charge in [0.25, 0.3) is 5.91 Å². The van der Waals surface area contributed by atoms with Crippen LogP contribution in [0.15, 0.2) is 0 Å². The molecule has 0 N–H and O–H groups in total. The van der Waals surface area contributed by atoms with Crippen molar-refractivity contribution in [1.82, 2.24) is 14.7 Å². The van der Waals surface area contributed by atoms with E-state index < -0.39 is 0 Å². The zero-order valence-electron chi connectivity index (χ0n) is 13.6. The highest BCUT2D eigenvalue weighted by Gasteiger charge is 2.56. The van der Waals surface area contributed by atoms with E-state index in [1.807, 2.05) is 11.8 Å². The van der Waals surface area contributed by atoms with Gasteiger partial charge in [0.2, 0.25) is 0 Å². The van der Waals surface area contributed by atoms with Gasteiger partial charge in [-0.1, -0.05) is 12.8 Å². The van der Waals surface area contributed by atoms with Crippen molar-refractivity contribution >= 4 is 11.9 Å². The van der Waals surface area contributed by atoms with Gasteiger partial charge in [-0.15, -0.1) is 0 Å². The average Bonchev–Trinajstić information content (AvgIpc) is 3.21. The maximum absolute atomic E-state index is 12.4. The van der Waals surface area contributed by atoms with Crippen molar-refractivity contribution in [3.8, 4) is 0 Å². The summed E-state index contributed by atoms with van der Waals surface area (Å²) in [4.78, 5) is 30.7. The lowest BCUT2D eigenvalue weighted by molar-refractivity contribution is -0.128. The maximum Gasteiger partial charge on any atom is 0.327 e. The largest absolute Gasteiger partial charge is 0.327 e. The molecule has 5 heteroatoms. The molecule has 3 saturated heterocycles. The number of urea groups is 1. The van der Waals surface area contributed by atoms with E-state index in [9.17, 15) is 9.59 Å². The number of fused-ring (bicyclic) bond motifs is 1. The molecule has 4 fully saturated rings. The Morgan fingerprint density at radius 2 is 1.82 bits per heavy atom. The molecule has 1 saturated carbocycles. The van der Waals surface area contributed by atoms with Crippen LogP contribution < -0.4 is 0 Å². The van der Waals surface area contributed by atoms with Crippen LogP contribution in [0.25, 0.3) is 0 Å². The van der Waals surface area contributed by atoms with Crippen molar-refractivity contribution in [2.75, 3.05) is 26.2 Å². The number of likely N-dealkylation sites (tertiary alicyclic amines) is 1. The normalized spacial score (nSPS) is 32.5. The lowest BCUT2D eigenvalue weighted by Gasteiger charge is -2.42. The summed E-state index contributed by atoms with van der Waals surface area (Å²) in [6.07, 6.45) is 8.71. The number of rotatable bonds is 2. The fourth-order valence-corrected chi connectivity index (χ4v) is 5.19. The smallest absolute Gasteiger partial charge is 0.312 e. The number of hydrogen-bond donors (Lipinski definition) is 0. The van der Waals surface area contributed by atoms with Crippen LogP contribution in [0.2, 0.25) is 0 Å². The molecule has 4 aliphatic rings. The highest BCUT2D eigenvalue weighted by Crippen LogP contribution is 2.46. The molecule has 1 spiro atoms. The van der Waals surface area contributed by atoms with Crippen molar-refractivity contribution in [1.29, 1.82) is 0 Å². The lowest BCUT2D eigenvalue weighted by atomic mass is 9.76. The van der Waals surface area contributed by atoms with Crippen molar-refractivity contribution in [3.05, 3.63) is 0 Å². The van der Waals surface area contributed by atoms with Gasteiger partial charge in [-0.05, 0) is 57.5 Å². The van der Waals surface area contributed by atoms with E-state index in [2.05, 4.69) is 4.90 Å². The van der Waals surface area contributed by atoms with E-state index >= 15 is 0 Å². The standard InChI is InChI=1S/C17H27N3O2/c1-2-19-15(21)14-11-17(12-20(14)16(19)22)7-9-18(10-8-17)13-5-3-4-6-13/h13-14H,2-12H2,1H3. The molecule has 1 unspecified atom stereocenters. The van der Waals surface area contributed by atoms with Gasteiger partial charge in [-0.2, -0.15) is 0 Å². The van der Waals surface area contributed by atoms with E-state index in [1.54, 1.807) is 0 Å². The number of piperidine rings is 1. The number of nitrogens with zero attached hydrogens (tertiary/aromatic N) is 3. The van der Waals surface area contributed by atoms with Crippen molar-refractivity contribution in [2.24, 2.45) is 5.41 Å². The molecule has 0 aromatic carbocycles. The summed E-state index contributed by atoms with van der Waals surface area (Å²) in [6, 6.07) is 0.593. The summed E-state index contributed by atoms with van der Waals surface area (Å²) in [5.74, 6) is 0.0441. The number of carbonyl (C=O) groups is 2. The van der Waals surface area contributed by atoms with Crippen LogP contribution in [0, 0.1) is 5.41 Å². The van der Waals surface area contributed by atoms with Crippen molar-refractivity contribution in [3.63, 3.8) is 0 Å². The molecule has 122 valence electrons. The van der Waals surface area contributed by atoms with Gasteiger partial charge >= 0.3 is 6.03 Å². The van der Waals surface area contributed by atoms with Gasteiger partial charge in [0.1, 0.15) is 6.04 Å².